The molecular weight excluding hydrogens is 229 g/mol. The van der Waals surface area contributed by atoms with Crippen LogP contribution in [-0.4, -0.2) is 7.11 Å². The third kappa shape index (κ3) is 2.18. The van der Waals surface area contributed by atoms with Gasteiger partial charge in [-0.1, -0.05) is 12.1 Å². The molecule has 0 bridgehead atoms. The van der Waals surface area contributed by atoms with E-state index in [9.17, 15) is 4.39 Å². The van der Waals surface area contributed by atoms with Gasteiger partial charge in [-0.2, -0.15) is 5.26 Å². The van der Waals surface area contributed by atoms with Gasteiger partial charge in [0.05, 0.1) is 18.7 Å². The molecule has 2 aromatic rings. The van der Waals surface area contributed by atoms with Crippen molar-refractivity contribution in [2.45, 2.75) is 6.92 Å². The highest BCUT2D eigenvalue weighted by Gasteiger charge is 2.09. The predicted octanol–water partition coefficient (Wildman–Crippen LogP) is 3.68. The quantitative estimate of drug-likeness (QED) is 0.803. The highest BCUT2D eigenvalue weighted by atomic mass is 19.1. The fourth-order valence-electron chi connectivity index (χ4n) is 1.83. The Morgan fingerprint density at radius 1 is 1.17 bits per heavy atom. The van der Waals surface area contributed by atoms with Gasteiger partial charge in [0.2, 0.25) is 0 Å². The van der Waals surface area contributed by atoms with Crippen LogP contribution >= 0.6 is 0 Å². The summed E-state index contributed by atoms with van der Waals surface area (Å²) in [5.41, 5.74) is 2.69. The number of hydrogen-bond acceptors (Lipinski definition) is 2. The Morgan fingerprint density at radius 3 is 2.39 bits per heavy atom. The molecule has 0 spiro atoms. The molecule has 3 heteroatoms. The van der Waals surface area contributed by atoms with Crippen LogP contribution in [0.4, 0.5) is 4.39 Å². The van der Waals surface area contributed by atoms with Crippen LogP contribution in [0.1, 0.15) is 11.1 Å². The van der Waals surface area contributed by atoms with Crippen LogP contribution in [0.5, 0.6) is 5.75 Å². The Kier molecular flexibility index (Phi) is 3.29. The van der Waals surface area contributed by atoms with E-state index in [1.807, 2.05) is 13.0 Å². The van der Waals surface area contributed by atoms with E-state index < -0.39 is 0 Å². The van der Waals surface area contributed by atoms with Crippen molar-refractivity contribution in [1.82, 2.24) is 0 Å². The molecule has 0 unspecified atom stereocenters. The van der Waals surface area contributed by atoms with E-state index in [-0.39, 0.29) is 5.82 Å². The molecule has 0 atom stereocenters. The third-order valence-corrected chi connectivity index (χ3v) is 2.81. The first-order valence-electron chi connectivity index (χ1n) is 5.50. The van der Waals surface area contributed by atoms with Crippen LogP contribution in [0.2, 0.25) is 0 Å². The number of aryl methyl sites for hydroxylation is 1. The molecule has 0 N–H and O–H groups in total. The van der Waals surface area contributed by atoms with Gasteiger partial charge in [0.15, 0.2) is 0 Å². The highest BCUT2D eigenvalue weighted by molar-refractivity contribution is 5.67. The lowest BCUT2D eigenvalue weighted by Gasteiger charge is -2.09. The summed E-state index contributed by atoms with van der Waals surface area (Å²) >= 11 is 0. The minimum Gasteiger partial charge on any atom is -0.496 e. The van der Waals surface area contributed by atoms with Gasteiger partial charge >= 0.3 is 0 Å². The van der Waals surface area contributed by atoms with Crippen LogP contribution in [-0.2, 0) is 0 Å². The number of nitrogens with zero attached hydrogens (tertiary/aromatic N) is 1. The van der Waals surface area contributed by atoms with Crippen LogP contribution in [0.15, 0.2) is 36.4 Å². The average molecular weight is 241 g/mol. The van der Waals surface area contributed by atoms with E-state index in [1.54, 1.807) is 30.3 Å². The number of methoxy groups -OCH3 is 1. The van der Waals surface area contributed by atoms with Crippen molar-refractivity contribution in [1.29, 1.82) is 5.26 Å². The minimum absolute atomic E-state index is 0.331. The molecule has 2 rings (SSSR count). The van der Waals surface area contributed by atoms with Crippen LogP contribution in [0, 0.1) is 24.1 Å². The first-order valence-corrected chi connectivity index (χ1v) is 5.50. The van der Waals surface area contributed by atoms with Gasteiger partial charge in [-0.3, -0.25) is 0 Å². The van der Waals surface area contributed by atoms with E-state index in [1.165, 1.54) is 13.2 Å². The number of rotatable bonds is 2. The van der Waals surface area contributed by atoms with E-state index in [0.29, 0.717) is 16.9 Å². The van der Waals surface area contributed by atoms with Gasteiger partial charge in [-0.05, 0) is 36.2 Å². The van der Waals surface area contributed by atoms with Gasteiger partial charge in [0, 0.05) is 11.6 Å². The number of benzene rings is 2. The molecule has 0 saturated heterocycles. The lowest BCUT2D eigenvalue weighted by atomic mass is 10.0. The van der Waals surface area contributed by atoms with E-state index in [2.05, 4.69) is 0 Å². The summed E-state index contributed by atoms with van der Waals surface area (Å²) in [6.45, 7) is 1.87. The predicted molar refractivity (Wildman–Crippen MR) is 67.8 cm³/mol. The number of nitriles is 1. The van der Waals surface area contributed by atoms with Crippen LogP contribution in [0.25, 0.3) is 11.1 Å². The van der Waals surface area contributed by atoms with Crippen LogP contribution in [0.3, 0.4) is 0 Å². The molecule has 0 radical (unpaired) electrons. The summed E-state index contributed by atoms with van der Waals surface area (Å²) < 4.78 is 19.0. The van der Waals surface area contributed by atoms with E-state index in [0.717, 1.165) is 11.1 Å². The zero-order chi connectivity index (χ0) is 13.1. The van der Waals surface area contributed by atoms with Gasteiger partial charge in [0.25, 0.3) is 0 Å². The van der Waals surface area contributed by atoms with Crippen molar-refractivity contribution < 1.29 is 9.13 Å². The second-order valence-corrected chi connectivity index (χ2v) is 3.99. The number of halogens is 1. The van der Waals surface area contributed by atoms with Crippen molar-refractivity contribution in [2.24, 2.45) is 0 Å². The molecule has 0 aliphatic rings. The zero-order valence-electron chi connectivity index (χ0n) is 10.2. The van der Waals surface area contributed by atoms with Crippen molar-refractivity contribution in [2.75, 3.05) is 7.11 Å². The second kappa shape index (κ2) is 4.89. The summed E-state index contributed by atoms with van der Waals surface area (Å²) in [5.74, 6) is 0.201. The summed E-state index contributed by atoms with van der Waals surface area (Å²) in [6, 6.07) is 12.0. The molecule has 90 valence electrons. The maximum Gasteiger partial charge on any atom is 0.134 e. The Morgan fingerprint density at radius 2 is 1.83 bits per heavy atom. The summed E-state index contributed by atoms with van der Waals surface area (Å²) in [7, 11) is 1.52. The van der Waals surface area contributed by atoms with Crippen molar-refractivity contribution in [3.63, 3.8) is 0 Å². The molecule has 0 saturated carbocycles. The smallest absolute Gasteiger partial charge is 0.134 e. The third-order valence-electron chi connectivity index (χ3n) is 2.81. The van der Waals surface area contributed by atoms with E-state index in [4.69, 9.17) is 10.00 Å². The monoisotopic (exact) mass is 241 g/mol. The first-order chi connectivity index (χ1) is 8.65. The molecule has 0 aliphatic carbocycles. The molecule has 0 amide bonds. The van der Waals surface area contributed by atoms with Crippen molar-refractivity contribution in [3.8, 4) is 22.9 Å². The Bertz CT molecular complexity index is 612. The van der Waals surface area contributed by atoms with Gasteiger partial charge in [0.1, 0.15) is 11.6 Å². The summed E-state index contributed by atoms with van der Waals surface area (Å²) in [4.78, 5) is 0. The molecule has 0 aliphatic heterocycles. The summed E-state index contributed by atoms with van der Waals surface area (Å²) in [5, 5.41) is 8.73. The van der Waals surface area contributed by atoms with Crippen molar-refractivity contribution in [3.05, 3.63) is 53.3 Å². The standard InChI is InChI=1S/C15H12FNO/c1-10-7-13(14(16)8-15(10)18-2)12-5-3-11(9-17)4-6-12/h3-8H,1-2H3. The first kappa shape index (κ1) is 12.1. The number of ether oxygens (including phenoxy) is 1. The molecule has 2 nitrogen and oxygen atoms in total. The molecule has 2 aromatic carbocycles. The Balaban J connectivity index is 2.50. The fourth-order valence-corrected chi connectivity index (χ4v) is 1.83. The SMILES string of the molecule is COc1cc(F)c(-c2ccc(C#N)cc2)cc1C. The normalized spacial score (nSPS) is 9.89. The molecular formula is C15H12FNO. The second-order valence-electron chi connectivity index (χ2n) is 3.99. The van der Waals surface area contributed by atoms with Crippen molar-refractivity contribution >= 4 is 0 Å². The maximum absolute atomic E-state index is 13.9. The average Bonchev–Trinajstić information content (AvgIpc) is 2.41. The Hall–Kier alpha value is -2.34. The van der Waals surface area contributed by atoms with Crippen LogP contribution < -0.4 is 4.74 Å². The lowest BCUT2D eigenvalue weighted by molar-refractivity contribution is 0.408. The maximum atomic E-state index is 13.9. The van der Waals surface area contributed by atoms with E-state index >= 15 is 0 Å². The molecule has 18 heavy (non-hydrogen) atoms. The zero-order valence-corrected chi connectivity index (χ0v) is 10.2. The topological polar surface area (TPSA) is 33.0 Å². The fraction of sp³-hybridized carbons (Fsp3) is 0.133. The van der Waals surface area contributed by atoms with Gasteiger partial charge < -0.3 is 4.74 Å². The molecule has 0 heterocycles. The van der Waals surface area contributed by atoms with Gasteiger partial charge in [-0.25, -0.2) is 4.39 Å². The van der Waals surface area contributed by atoms with Gasteiger partial charge in [-0.15, -0.1) is 0 Å². The highest BCUT2D eigenvalue weighted by Crippen LogP contribution is 2.29. The summed E-state index contributed by atoms with van der Waals surface area (Å²) in [6.07, 6.45) is 0. The number of hydrogen-bond donors (Lipinski definition) is 0. The largest absolute Gasteiger partial charge is 0.496 e. The Labute approximate surface area is 105 Å². The minimum atomic E-state index is -0.331. The lowest BCUT2D eigenvalue weighted by Crippen LogP contribution is -1.92. The molecule has 0 aromatic heterocycles. The molecule has 0 fully saturated rings.